The van der Waals surface area contributed by atoms with Gasteiger partial charge in [-0.25, -0.2) is 9.97 Å². The molecule has 0 fully saturated rings. The fraction of sp³-hybridized carbons (Fsp3) is 0.240. The third kappa shape index (κ3) is 4.81. The van der Waals surface area contributed by atoms with Crippen molar-refractivity contribution in [1.82, 2.24) is 9.97 Å². The number of hydrogen-bond acceptors (Lipinski definition) is 5. The number of carbonyl (C=O) groups is 1. The Hall–Kier alpha value is -2.70. The molecule has 6 heteroatoms. The van der Waals surface area contributed by atoms with Gasteiger partial charge in [0.15, 0.2) is 5.13 Å². The highest BCUT2D eigenvalue weighted by Crippen LogP contribution is 2.31. The van der Waals surface area contributed by atoms with Crippen LogP contribution >= 0.6 is 23.1 Å². The van der Waals surface area contributed by atoms with Gasteiger partial charge in [0.2, 0.25) is 5.91 Å². The molecule has 31 heavy (non-hydrogen) atoms. The topological polar surface area (TPSA) is 54.9 Å². The van der Waals surface area contributed by atoms with Crippen molar-refractivity contribution in [3.8, 4) is 11.3 Å². The summed E-state index contributed by atoms with van der Waals surface area (Å²) in [7, 11) is 0. The number of aromatic nitrogens is 2. The van der Waals surface area contributed by atoms with Crippen molar-refractivity contribution in [3.05, 3.63) is 70.6 Å². The van der Waals surface area contributed by atoms with Gasteiger partial charge in [-0.3, -0.25) is 4.79 Å². The second-order valence-electron chi connectivity index (χ2n) is 7.66. The lowest BCUT2D eigenvalue weighted by molar-refractivity contribution is -0.115. The number of aryl methyl sites for hydroxylation is 3. The summed E-state index contributed by atoms with van der Waals surface area (Å²) in [4.78, 5) is 22.4. The van der Waals surface area contributed by atoms with Gasteiger partial charge in [-0.2, -0.15) is 0 Å². The number of thiazole rings is 1. The van der Waals surface area contributed by atoms with Crippen LogP contribution in [0.5, 0.6) is 0 Å². The number of amides is 1. The van der Waals surface area contributed by atoms with Crippen molar-refractivity contribution in [2.24, 2.45) is 0 Å². The molecule has 0 saturated heterocycles. The van der Waals surface area contributed by atoms with Crippen molar-refractivity contribution in [3.63, 3.8) is 0 Å². The molecular weight excluding hydrogens is 422 g/mol. The molecule has 0 aliphatic rings. The van der Waals surface area contributed by atoms with E-state index >= 15 is 0 Å². The van der Waals surface area contributed by atoms with Crippen molar-refractivity contribution in [2.45, 2.75) is 44.4 Å². The van der Waals surface area contributed by atoms with Gasteiger partial charge in [0.1, 0.15) is 0 Å². The van der Waals surface area contributed by atoms with E-state index in [0.717, 1.165) is 27.4 Å². The summed E-state index contributed by atoms with van der Waals surface area (Å²) < 4.78 is 0. The maximum absolute atomic E-state index is 13.0. The molecule has 1 N–H and O–H groups in total. The van der Waals surface area contributed by atoms with Crippen LogP contribution in [0.2, 0.25) is 0 Å². The van der Waals surface area contributed by atoms with Crippen molar-refractivity contribution < 1.29 is 4.79 Å². The second-order valence-corrected chi connectivity index (χ2v) is 9.74. The second kappa shape index (κ2) is 9.20. The summed E-state index contributed by atoms with van der Waals surface area (Å²) in [6.45, 7) is 8.33. The van der Waals surface area contributed by atoms with Crippen molar-refractivity contribution in [2.75, 3.05) is 5.32 Å². The van der Waals surface area contributed by atoms with Gasteiger partial charge >= 0.3 is 0 Å². The Morgan fingerprint density at radius 1 is 1.06 bits per heavy atom. The Labute approximate surface area is 191 Å². The number of carbonyl (C=O) groups excluding carboxylic acids is 1. The van der Waals surface area contributed by atoms with Crippen molar-refractivity contribution >= 4 is 45.0 Å². The van der Waals surface area contributed by atoms with E-state index in [1.54, 1.807) is 0 Å². The molecule has 158 valence electrons. The van der Waals surface area contributed by atoms with E-state index in [1.807, 2.05) is 42.6 Å². The quantitative estimate of drug-likeness (QED) is 0.331. The molecule has 2 aromatic carbocycles. The lowest BCUT2D eigenvalue weighted by atomic mass is 10.0. The van der Waals surface area contributed by atoms with Crippen LogP contribution in [0, 0.1) is 20.8 Å². The molecule has 0 aliphatic heterocycles. The van der Waals surface area contributed by atoms with Gasteiger partial charge in [-0.15, -0.1) is 11.3 Å². The number of nitrogens with zero attached hydrogens (tertiary/aromatic N) is 2. The largest absolute Gasteiger partial charge is 0.301 e. The number of hydrogen-bond donors (Lipinski definition) is 1. The standard InChI is InChI=1S/C25H25N3OS2/c1-5-21(24(29)28-25-26-20(14-30-25)18-9-7-6-8-10-18)31-22-13-16(3)19-12-15(2)11-17(4)23(19)27-22/h6-14,21H,5H2,1-4H3,(H,26,28,29). The van der Waals surface area contributed by atoms with E-state index in [-0.39, 0.29) is 11.2 Å². The Balaban J connectivity index is 1.52. The van der Waals surface area contributed by atoms with Gasteiger partial charge in [0, 0.05) is 16.3 Å². The zero-order valence-electron chi connectivity index (χ0n) is 18.1. The average Bonchev–Trinajstić information content (AvgIpc) is 3.22. The molecular formula is C25H25N3OS2. The third-order valence-electron chi connectivity index (χ3n) is 5.16. The van der Waals surface area contributed by atoms with E-state index in [0.29, 0.717) is 11.6 Å². The number of fused-ring (bicyclic) bond motifs is 1. The molecule has 1 unspecified atom stereocenters. The van der Waals surface area contributed by atoms with Crippen LogP contribution in [-0.4, -0.2) is 21.1 Å². The lowest BCUT2D eigenvalue weighted by Gasteiger charge is -2.15. The van der Waals surface area contributed by atoms with Crippen LogP contribution in [-0.2, 0) is 4.79 Å². The summed E-state index contributed by atoms with van der Waals surface area (Å²) in [5, 5.41) is 7.40. The summed E-state index contributed by atoms with van der Waals surface area (Å²) in [5.41, 5.74) is 6.51. The first-order valence-electron chi connectivity index (χ1n) is 10.3. The van der Waals surface area contributed by atoms with Gasteiger partial charge in [0.25, 0.3) is 0 Å². The molecule has 2 aromatic heterocycles. The van der Waals surface area contributed by atoms with Crippen LogP contribution < -0.4 is 5.32 Å². The Morgan fingerprint density at radius 3 is 2.58 bits per heavy atom. The fourth-order valence-electron chi connectivity index (χ4n) is 3.60. The number of anilines is 1. The highest BCUT2D eigenvalue weighted by atomic mass is 32.2. The smallest absolute Gasteiger partial charge is 0.239 e. The Kier molecular flexibility index (Phi) is 6.39. The first-order chi connectivity index (χ1) is 14.9. The predicted molar refractivity (Wildman–Crippen MR) is 132 cm³/mol. The number of thioether (sulfide) groups is 1. The highest BCUT2D eigenvalue weighted by molar-refractivity contribution is 8.00. The molecule has 0 saturated carbocycles. The highest BCUT2D eigenvalue weighted by Gasteiger charge is 2.21. The number of benzene rings is 2. The van der Waals surface area contributed by atoms with E-state index in [2.05, 4.69) is 49.3 Å². The van der Waals surface area contributed by atoms with Crippen LogP contribution in [0.25, 0.3) is 22.2 Å². The van der Waals surface area contributed by atoms with E-state index in [9.17, 15) is 4.79 Å². The number of nitrogens with one attached hydrogen (secondary N) is 1. The minimum absolute atomic E-state index is 0.0401. The molecule has 1 amide bonds. The van der Waals surface area contributed by atoms with E-state index in [4.69, 9.17) is 4.98 Å². The van der Waals surface area contributed by atoms with Crippen LogP contribution in [0.1, 0.15) is 30.0 Å². The Morgan fingerprint density at radius 2 is 1.84 bits per heavy atom. The lowest BCUT2D eigenvalue weighted by Crippen LogP contribution is -2.24. The van der Waals surface area contributed by atoms with Gasteiger partial charge in [0.05, 0.1) is 21.5 Å². The number of pyridine rings is 1. The normalized spacial score (nSPS) is 12.1. The van der Waals surface area contributed by atoms with Gasteiger partial charge < -0.3 is 5.32 Å². The summed E-state index contributed by atoms with van der Waals surface area (Å²) >= 11 is 2.96. The molecule has 4 aromatic rings. The first-order valence-corrected chi connectivity index (χ1v) is 12.1. The Bertz CT molecular complexity index is 1230. The molecule has 2 heterocycles. The average molecular weight is 448 g/mol. The van der Waals surface area contributed by atoms with Gasteiger partial charge in [-0.05, 0) is 50.5 Å². The fourth-order valence-corrected chi connectivity index (χ4v) is 5.34. The number of rotatable bonds is 6. The third-order valence-corrected chi connectivity index (χ3v) is 7.20. The monoisotopic (exact) mass is 447 g/mol. The van der Waals surface area contributed by atoms with Crippen LogP contribution in [0.4, 0.5) is 5.13 Å². The van der Waals surface area contributed by atoms with Gasteiger partial charge in [-0.1, -0.05) is 60.6 Å². The predicted octanol–water partition coefficient (Wildman–Crippen LogP) is 6.79. The molecule has 0 aliphatic carbocycles. The SMILES string of the molecule is CCC(Sc1cc(C)c2cc(C)cc(C)c2n1)C(=O)Nc1nc(-c2ccccc2)cs1. The first kappa shape index (κ1) is 21.5. The van der Waals surface area contributed by atoms with Crippen LogP contribution in [0.15, 0.2) is 58.9 Å². The zero-order valence-corrected chi connectivity index (χ0v) is 19.7. The van der Waals surface area contributed by atoms with E-state index in [1.165, 1.54) is 39.6 Å². The minimum atomic E-state index is -0.237. The molecule has 0 spiro atoms. The van der Waals surface area contributed by atoms with E-state index < -0.39 is 0 Å². The molecule has 4 nitrogen and oxygen atoms in total. The maximum atomic E-state index is 13.0. The summed E-state index contributed by atoms with van der Waals surface area (Å²) in [6, 6.07) is 16.4. The minimum Gasteiger partial charge on any atom is -0.301 e. The van der Waals surface area contributed by atoms with Crippen molar-refractivity contribution in [1.29, 1.82) is 0 Å². The van der Waals surface area contributed by atoms with Crippen LogP contribution in [0.3, 0.4) is 0 Å². The zero-order chi connectivity index (χ0) is 22.0. The maximum Gasteiger partial charge on any atom is 0.239 e. The molecule has 1 atom stereocenters. The molecule has 0 bridgehead atoms. The summed E-state index contributed by atoms with van der Waals surface area (Å²) in [6.07, 6.45) is 0.707. The molecule has 0 radical (unpaired) electrons. The summed E-state index contributed by atoms with van der Waals surface area (Å²) in [5.74, 6) is -0.0401. The molecule has 4 rings (SSSR count).